The summed E-state index contributed by atoms with van der Waals surface area (Å²) in [7, 11) is 0. The van der Waals surface area contributed by atoms with Gasteiger partial charge in [-0.25, -0.2) is 8.91 Å². The second-order valence-electron chi connectivity index (χ2n) is 8.71. The van der Waals surface area contributed by atoms with E-state index in [-0.39, 0.29) is 17.4 Å². The topological polar surface area (TPSA) is 65.1 Å². The molecule has 31 heavy (non-hydrogen) atoms. The Morgan fingerprint density at radius 3 is 2.61 bits per heavy atom. The molecule has 7 heteroatoms. The molecule has 0 aliphatic heterocycles. The number of benzene rings is 1. The zero-order valence-corrected chi connectivity index (χ0v) is 18.0. The van der Waals surface area contributed by atoms with E-state index in [9.17, 15) is 9.18 Å². The molecule has 1 aliphatic rings. The normalized spacial score (nSPS) is 21.7. The van der Waals surface area contributed by atoms with E-state index in [0.717, 1.165) is 29.7 Å². The largest absolute Gasteiger partial charge is 0.310 e. The first-order valence-corrected chi connectivity index (χ1v) is 11.0. The van der Waals surface area contributed by atoms with Crippen molar-refractivity contribution in [3.8, 4) is 11.1 Å². The summed E-state index contributed by atoms with van der Waals surface area (Å²) in [6.07, 6.45) is 5.91. The maximum Gasteiger partial charge on any atom is 0.280 e. The Morgan fingerprint density at radius 1 is 1.10 bits per heavy atom. The molecule has 0 N–H and O–H groups in total. The van der Waals surface area contributed by atoms with Crippen molar-refractivity contribution in [3.63, 3.8) is 0 Å². The van der Waals surface area contributed by atoms with E-state index < -0.39 is 0 Å². The second kappa shape index (κ2) is 7.55. The predicted molar refractivity (Wildman–Crippen MR) is 119 cm³/mol. The van der Waals surface area contributed by atoms with Crippen molar-refractivity contribution >= 4 is 16.7 Å². The molecule has 5 rings (SSSR count). The molecule has 0 spiro atoms. The highest BCUT2D eigenvalue weighted by Crippen LogP contribution is 2.37. The molecule has 1 aromatic carbocycles. The van der Waals surface area contributed by atoms with Crippen LogP contribution in [0, 0.1) is 17.7 Å². The molecule has 0 bridgehead atoms. The van der Waals surface area contributed by atoms with Crippen LogP contribution in [0.1, 0.15) is 51.8 Å². The lowest BCUT2D eigenvalue weighted by molar-refractivity contribution is 0.183. The molecule has 0 saturated heterocycles. The number of hydrogen-bond donors (Lipinski definition) is 0. The average molecular weight is 420 g/mol. The summed E-state index contributed by atoms with van der Waals surface area (Å²) in [5.74, 6) is 0.732. The van der Waals surface area contributed by atoms with E-state index in [1.807, 2.05) is 23.8 Å². The van der Waals surface area contributed by atoms with E-state index in [2.05, 4.69) is 24.0 Å². The van der Waals surface area contributed by atoms with Gasteiger partial charge in [-0.3, -0.25) is 4.79 Å². The van der Waals surface area contributed by atoms with Crippen LogP contribution in [0.4, 0.5) is 4.39 Å². The summed E-state index contributed by atoms with van der Waals surface area (Å²) in [6.45, 7) is 6.51. The first-order chi connectivity index (χ1) is 15.0. The van der Waals surface area contributed by atoms with E-state index in [1.165, 1.54) is 18.6 Å². The lowest BCUT2D eigenvalue weighted by Gasteiger charge is -2.35. The van der Waals surface area contributed by atoms with Crippen LogP contribution in [0.15, 0.2) is 41.3 Å². The van der Waals surface area contributed by atoms with Crippen molar-refractivity contribution < 1.29 is 4.39 Å². The van der Waals surface area contributed by atoms with Crippen LogP contribution in [0.25, 0.3) is 27.8 Å². The third-order valence-electron chi connectivity index (χ3n) is 6.97. The molecule has 6 nitrogen and oxygen atoms in total. The molecule has 1 aliphatic carbocycles. The quantitative estimate of drug-likeness (QED) is 0.478. The number of fused-ring (bicyclic) bond motifs is 3. The van der Waals surface area contributed by atoms with Gasteiger partial charge < -0.3 is 4.57 Å². The van der Waals surface area contributed by atoms with Gasteiger partial charge in [0.25, 0.3) is 5.56 Å². The SMILES string of the molecule is CCc1nn2c(nnc3c(=O)n([C@@H]4CCC[C@@H](C)[C@@H]4C)ccc32)c1-c1ccc(F)cc1. The lowest BCUT2D eigenvalue weighted by Crippen LogP contribution is -2.34. The summed E-state index contributed by atoms with van der Waals surface area (Å²) < 4.78 is 17.0. The molecule has 3 atom stereocenters. The highest BCUT2D eigenvalue weighted by Gasteiger charge is 2.29. The van der Waals surface area contributed by atoms with E-state index >= 15 is 0 Å². The molecule has 160 valence electrons. The zero-order chi connectivity index (χ0) is 21.7. The minimum absolute atomic E-state index is 0.116. The smallest absolute Gasteiger partial charge is 0.280 e. The zero-order valence-electron chi connectivity index (χ0n) is 18.0. The number of halogens is 1. The first kappa shape index (κ1) is 19.8. The number of rotatable bonds is 3. The average Bonchev–Trinajstić information content (AvgIpc) is 3.16. The van der Waals surface area contributed by atoms with Crippen molar-refractivity contribution in [2.24, 2.45) is 11.8 Å². The fraction of sp³-hybridized carbons (Fsp3) is 0.417. The fourth-order valence-corrected chi connectivity index (χ4v) is 4.97. The Kier molecular flexibility index (Phi) is 4.84. The summed E-state index contributed by atoms with van der Waals surface area (Å²) in [5.41, 5.74) is 3.94. The Labute approximate surface area is 179 Å². The van der Waals surface area contributed by atoms with Crippen LogP contribution in [0.3, 0.4) is 0 Å². The third-order valence-corrected chi connectivity index (χ3v) is 6.97. The Morgan fingerprint density at radius 2 is 1.87 bits per heavy atom. The van der Waals surface area contributed by atoms with Gasteiger partial charge in [0.2, 0.25) is 0 Å². The van der Waals surface area contributed by atoms with Gasteiger partial charge in [-0.1, -0.05) is 45.7 Å². The van der Waals surface area contributed by atoms with Crippen molar-refractivity contribution in [2.45, 2.75) is 52.5 Å². The molecule has 3 heterocycles. The van der Waals surface area contributed by atoms with Crippen LogP contribution in [0.2, 0.25) is 0 Å². The first-order valence-electron chi connectivity index (χ1n) is 11.0. The van der Waals surface area contributed by atoms with Crippen molar-refractivity contribution in [2.75, 3.05) is 0 Å². The maximum atomic E-state index is 13.4. The van der Waals surface area contributed by atoms with Crippen LogP contribution in [-0.4, -0.2) is 24.4 Å². The molecule has 3 aromatic heterocycles. The predicted octanol–water partition coefficient (Wildman–Crippen LogP) is 4.80. The van der Waals surface area contributed by atoms with Gasteiger partial charge in [-0.15, -0.1) is 10.2 Å². The number of aryl methyl sites for hydroxylation is 1. The number of hydrogen-bond acceptors (Lipinski definition) is 4. The van der Waals surface area contributed by atoms with Crippen molar-refractivity contribution in [1.82, 2.24) is 24.4 Å². The standard InChI is InChI=1S/C24H26FN5O/c1-4-18-21(16-8-10-17(25)11-9-16)23-27-26-22-20(30(23)28-18)12-13-29(24(22)31)19-7-5-6-14(2)15(19)3/h8-15,19H,4-7H2,1-3H3/t14-,15+,19-/m1/s1. The van der Waals surface area contributed by atoms with E-state index in [4.69, 9.17) is 5.10 Å². The third kappa shape index (κ3) is 3.14. The van der Waals surface area contributed by atoms with Gasteiger partial charge in [0.1, 0.15) is 11.3 Å². The summed E-state index contributed by atoms with van der Waals surface area (Å²) in [5, 5.41) is 13.5. The lowest BCUT2D eigenvalue weighted by atomic mass is 9.78. The summed E-state index contributed by atoms with van der Waals surface area (Å²) in [4.78, 5) is 13.4. The minimum atomic E-state index is -0.290. The fourth-order valence-electron chi connectivity index (χ4n) is 4.97. The van der Waals surface area contributed by atoms with Crippen LogP contribution in [-0.2, 0) is 6.42 Å². The highest BCUT2D eigenvalue weighted by molar-refractivity contribution is 5.84. The minimum Gasteiger partial charge on any atom is -0.310 e. The molecule has 0 unspecified atom stereocenters. The van der Waals surface area contributed by atoms with Crippen molar-refractivity contribution in [3.05, 3.63) is 58.4 Å². The monoisotopic (exact) mass is 419 g/mol. The Balaban J connectivity index is 1.70. The van der Waals surface area contributed by atoms with Gasteiger partial charge in [0.15, 0.2) is 11.2 Å². The van der Waals surface area contributed by atoms with Crippen LogP contribution >= 0.6 is 0 Å². The van der Waals surface area contributed by atoms with E-state index in [0.29, 0.717) is 34.9 Å². The van der Waals surface area contributed by atoms with Gasteiger partial charge >= 0.3 is 0 Å². The highest BCUT2D eigenvalue weighted by atomic mass is 19.1. The van der Waals surface area contributed by atoms with Crippen molar-refractivity contribution in [1.29, 1.82) is 0 Å². The van der Waals surface area contributed by atoms with Gasteiger partial charge in [0, 0.05) is 12.2 Å². The molecule has 1 fully saturated rings. The molecular formula is C24H26FN5O. The number of aromatic nitrogens is 5. The molecule has 0 radical (unpaired) electrons. The number of nitrogens with zero attached hydrogens (tertiary/aromatic N) is 5. The second-order valence-corrected chi connectivity index (χ2v) is 8.71. The number of pyridine rings is 1. The Hall–Kier alpha value is -3.09. The van der Waals surface area contributed by atoms with E-state index in [1.54, 1.807) is 16.6 Å². The maximum absolute atomic E-state index is 13.4. The van der Waals surface area contributed by atoms with Gasteiger partial charge in [0.05, 0.1) is 11.3 Å². The van der Waals surface area contributed by atoms with Gasteiger partial charge in [-0.05, 0) is 48.4 Å². The molecule has 1 saturated carbocycles. The summed E-state index contributed by atoms with van der Waals surface area (Å²) >= 11 is 0. The van der Waals surface area contributed by atoms with Gasteiger partial charge in [-0.2, -0.15) is 5.10 Å². The molecular weight excluding hydrogens is 393 g/mol. The molecule has 4 aromatic rings. The Bertz CT molecular complexity index is 1320. The summed E-state index contributed by atoms with van der Waals surface area (Å²) in [6, 6.07) is 8.40. The molecule has 0 amide bonds. The van der Waals surface area contributed by atoms with Crippen LogP contribution in [0.5, 0.6) is 0 Å². The van der Waals surface area contributed by atoms with Crippen LogP contribution < -0.4 is 5.56 Å².